The summed E-state index contributed by atoms with van der Waals surface area (Å²) in [6.45, 7) is 6.31. The standard InChI is InChI=1S/C25H29F3N2O2/c1-18(31)30-14-12-24(13-15-30,19-8-5-4-6-9-19)22(32)29-17-23(2,3)20-10-7-11-21(16-20)25(26,27)28/h4-11,16H,12-15,17H2,1-3H3,(H,29,32). The van der Waals surface area contributed by atoms with E-state index in [0.717, 1.165) is 17.7 Å². The SMILES string of the molecule is CC(=O)N1CCC(C(=O)NCC(C)(C)c2cccc(C(F)(F)F)c2)(c2ccccc2)CC1. The molecule has 1 saturated heterocycles. The summed E-state index contributed by atoms with van der Waals surface area (Å²) in [5.41, 5.74) is -0.788. The van der Waals surface area contributed by atoms with Crippen LogP contribution in [0.25, 0.3) is 0 Å². The molecule has 4 nitrogen and oxygen atoms in total. The zero-order valence-corrected chi connectivity index (χ0v) is 18.6. The van der Waals surface area contributed by atoms with Crippen molar-refractivity contribution in [3.63, 3.8) is 0 Å². The average molecular weight is 447 g/mol. The Morgan fingerprint density at radius 1 is 0.969 bits per heavy atom. The molecule has 1 N–H and O–H groups in total. The van der Waals surface area contributed by atoms with Crippen molar-refractivity contribution < 1.29 is 22.8 Å². The number of hydrogen-bond acceptors (Lipinski definition) is 2. The van der Waals surface area contributed by atoms with Gasteiger partial charge in [0.05, 0.1) is 11.0 Å². The Kier molecular flexibility index (Phi) is 6.67. The number of nitrogens with one attached hydrogen (secondary N) is 1. The lowest BCUT2D eigenvalue weighted by atomic mass is 9.71. The van der Waals surface area contributed by atoms with Gasteiger partial charge in [-0.3, -0.25) is 9.59 Å². The first kappa shape index (κ1) is 23.8. The quantitative estimate of drug-likeness (QED) is 0.725. The maximum atomic E-state index is 13.5. The molecule has 2 amide bonds. The molecule has 0 atom stereocenters. The lowest BCUT2D eigenvalue weighted by Crippen LogP contribution is -2.54. The van der Waals surface area contributed by atoms with Gasteiger partial charge in [-0.2, -0.15) is 13.2 Å². The fourth-order valence-corrected chi connectivity index (χ4v) is 4.30. The zero-order chi connectivity index (χ0) is 23.6. The molecular formula is C25H29F3N2O2. The van der Waals surface area contributed by atoms with Gasteiger partial charge in [-0.05, 0) is 30.0 Å². The number of hydrogen-bond donors (Lipinski definition) is 1. The number of benzene rings is 2. The number of likely N-dealkylation sites (tertiary alicyclic amines) is 1. The highest BCUT2D eigenvalue weighted by Gasteiger charge is 2.43. The van der Waals surface area contributed by atoms with Crippen molar-refractivity contribution in [2.75, 3.05) is 19.6 Å². The van der Waals surface area contributed by atoms with Gasteiger partial charge in [-0.15, -0.1) is 0 Å². The van der Waals surface area contributed by atoms with Crippen molar-refractivity contribution in [2.24, 2.45) is 0 Å². The molecule has 0 aliphatic carbocycles. The summed E-state index contributed by atoms with van der Waals surface area (Å²) in [5.74, 6) is -0.176. The van der Waals surface area contributed by atoms with Gasteiger partial charge in [0.2, 0.25) is 11.8 Å². The van der Waals surface area contributed by atoms with Gasteiger partial charge in [0.15, 0.2) is 0 Å². The maximum absolute atomic E-state index is 13.5. The predicted molar refractivity (Wildman–Crippen MR) is 117 cm³/mol. The Morgan fingerprint density at radius 2 is 1.56 bits per heavy atom. The summed E-state index contributed by atoms with van der Waals surface area (Å²) in [7, 11) is 0. The van der Waals surface area contributed by atoms with Crippen LogP contribution in [0.3, 0.4) is 0 Å². The molecule has 2 aromatic rings. The van der Waals surface area contributed by atoms with Crippen LogP contribution in [0.15, 0.2) is 54.6 Å². The third-order valence-electron chi connectivity index (χ3n) is 6.49. The van der Waals surface area contributed by atoms with Crippen molar-refractivity contribution in [3.05, 3.63) is 71.3 Å². The first-order valence-corrected chi connectivity index (χ1v) is 10.7. The van der Waals surface area contributed by atoms with Gasteiger partial charge in [0.25, 0.3) is 0 Å². The monoisotopic (exact) mass is 446 g/mol. The molecule has 0 bridgehead atoms. The second kappa shape index (κ2) is 8.96. The van der Waals surface area contributed by atoms with E-state index >= 15 is 0 Å². The highest BCUT2D eigenvalue weighted by atomic mass is 19.4. The fourth-order valence-electron chi connectivity index (χ4n) is 4.30. The second-order valence-corrected chi connectivity index (χ2v) is 9.10. The first-order chi connectivity index (χ1) is 15.0. The Morgan fingerprint density at radius 3 is 2.12 bits per heavy atom. The Labute approximate surface area is 186 Å². The number of alkyl halides is 3. The largest absolute Gasteiger partial charge is 0.416 e. The molecular weight excluding hydrogens is 417 g/mol. The number of amides is 2. The van der Waals surface area contributed by atoms with E-state index in [-0.39, 0.29) is 18.4 Å². The van der Waals surface area contributed by atoms with Crippen molar-refractivity contribution in [2.45, 2.75) is 50.6 Å². The number of piperidine rings is 1. The molecule has 32 heavy (non-hydrogen) atoms. The predicted octanol–water partition coefficient (Wildman–Crippen LogP) is 4.68. The van der Waals surface area contributed by atoms with Gasteiger partial charge < -0.3 is 10.2 Å². The smallest absolute Gasteiger partial charge is 0.354 e. The molecule has 0 aromatic heterocycles. The van der Waals surface area contributed by atoms with E-state index in [9.17, 15) is 22.8 Å². The molecule has 0 saturated carbocycles. The van der Waals surface area contributed by atoms with Crippen LogP contribution in [0.2, 0.25) is 0 Å². The van der Waals surface area contributed by atoms with Crippen molar-refractivity contribution in [3.8, 4) is 0 Å². The molecule has 3 rings (SSSR count). The number of carbonyl (C=O) groups is 2. The van der Waals surface area contributed by atoms with Crippen molar-refractivity contribution >= 4 is 11.8 Å². The van der Waals surface area contributed by atoms with E-state index in [0.29, 0.717) is 31.5 Å². The van der Waals surface area contributed by atoms with Gasteiger partial charge in [-0.25, -0.2) is 0 Å². The zero-order valence-electron chi connectivity index (χ0n) is 18.6. The third-order valence-corrected chi connectivity index (χ3v) is 6.49. The third kappa shape index (κ3) is 4.97. The molecule has 0 radical (unpaired) electrons. The highest BCUT2D eigenvalue weighted by Crippen LogP contribution is 2.37. The second-order valence-electron chi connectivity index (χ2n) is 9.10. The lowest BCUT2D eigenvalue weighted by molar-refractivity contribution is -0.137. The first-order valence-electron chi connectivity index (χ1n) is 10.7. The molecule has 1 fully saturated rings. The van der Waals surface area contributed by atoms with Crippen LogP contribution in [-0.2, 0) is 26.6 Å². The van der Waals surface area contributed by atoms with Crippen LogP contribution in [0.4, 0.5) is 13.2 Å². The minimum atomic E-state index is -4.42. The molecule has 0 spiro atoms. The number of rotatable bonds is 5. The normalized spacial score (nSPS) is 16.5. The van der Waals surface area contributed by atoms with E-state index in [1.807, 2.05) is 44.2 Å². The molecule has 2 aromatic carbocycles. The van der Waals surface area contributed by atoms with Gasteiger partial charge in [0.1, 0.15) is 0 Å². The highest BCUT2D eigenvalue weighted by molar-refractivity contribution is 5.89. The van der Waals surface area contributed by atoms with Crippen LogP contribution in [0.5, 0.6) is 0 Å². The Hall–Kier alpha value is -2.83. The summed E-state index contributed by atoms with van der Waals surface area (Å²) in [6.07, 6.45) is -3.43. The van der Waals surface area contributed by atoms with E-state index in [1.54, 1.807) is 11.0 Å². The number of halogens is 3. The Bertz CT molecular complexity index is 963. The van der Waals surface area contributed by atoms with Gasteiger partial charge >= 0.3 is 6.18 Å². The van der Waals surface area contributed by atoms with Crippen LogP contribution in [0, 0.1) is 0 Å². The minimum Gasteiger partial charge on any atom is -0.354 e. The average Bonchev–Trinajstić information content (AvgIpc) is 2.77. The van der Waals surface area contributed by atoms with Crippen LogP contribution >= 0.6 is 0 Å². The summed E-state index contributed by atoms with van der Waals surface area (Å²) in [4.78, 5) is 27.0. The van der Waals surface area contributed by atoms with Crippen LogP contribution in [0.1, 0.15) is 50.3 Å². The maximum Gasteiger partial charge on any atom is 0.416 e. The molecule has 0 unspecified atom stereocenters. The van der Waals surface area contributed by atoms with E-state index < -0.39 is 22.6 Å². The molecule has 7 heteroatoms. The topological polar surface area (TPSA) is 49.4 Å². The number of carbonyl (C=O) groups excluding carboxylic acids is 2. The molecule has 172 valence electrons. The van der Waals surface area contributed by atoms with E-state index in [4.69, 9.17) is 0 Å². The van der Waals surface area contributed by atoms with Crippen LogP contribution < -0.4 is 5.32 Å². The summed E-state index contributed by atoms with van der Waals surface area (Å²) >= 11 is 0. The lowest BCUT2D eigenvalue weighted by Gasteiger charge is -2.41. The fraction of sp³-hybridized carbons (Fsp3) is 0.440. The Balaban J connectivity index is 1.81. The number of nitrogens with zero attached hydrogens (tertiary/aromatic N) is 1. The minimum absolute atomic E-state index is 0.0160. The van der Waals surface area contributed by atoms with E-state index in [1.165, 1.54) is 13.0 Å². The molecule has 1 aliphatic rings. The summed E-state index contributed by atoms with van der Waals surface area (Å²) < 4.78 is 39.4. The molecule has 1 aliphatic heterocycles. The van der Waals surface area contributed by atoms with Crippen molar-refractivity contribution in [1.29, 1.82) is 0 Å². The van der Waals surface area contributed by atoms with Gasteiger partial charge in [0, 0.05) is 32.0 Å². The summed E-state index contributed by atoms with van der Waals surface area (Å²) in [6, 6.07) is 14.7. The van der Waals surface area contributed by atoms with Crippen LogP contribution in [-0.4, -0.2) is 36.3 Å². The van der Waals surface area contributed by atoms with Gasteiger partial charge in [-0.1, -0.05) is 62.4 Å². The van der Waals surface area contributed by atoms with Crippen molar-refractivity contribution in [1.82, 2.24) is 10.2 Å². The van der Waals surface area contributed by atoms with E-state index in [2.05, 4.69) is 5.32 Å². The summed E-state index contributed by atoms with van der Waals surface area (Å²) in [5, 5.41) is 3.01. The molecule has 1 heterocycles.